The first kappa shape index (κ1) is 28.3. The van der Waals surface area contributed by atoms with Gasteiger partial charge in [0.25, 0.3) is 10.0 Å². The van der Waals surface area contributed by atoms with Gasteiger partial charge >= 0.3 is 5.97 Å². The first-order valence-corrected chi connectivity index (χ1v) is 15.5. The lowest BCUT2D eigenvalue weighted by Crippen LogP contribution is -2.52. The largest absolute Gasteiger partial charge is 0.496 e. The van der Waals surface area contributed by atoms with Crippen molar-refractivity contribution in [1.29, 1.82) is 0 Å². The molecule has 12 heteroatoms. The summed E-state index contributed by atoms with van der Waals surface area (Å²) in [6.07, 6.45) is 7.85. The lowest BCUT2D eigenvalue weighted by Gasteiger charge is -2.35. The van der Waals surface area contributed by atoms with Crippen LogP contribution in [0.25, 0.3) is 10.8 Å². The smallest absolute Gasteiger partial charge is 0.331 e. The van der Waals surface area contributed by atoms with E-state index in [1.807, 2.05) is 24.3 Å². The summed E-state index contributed by atoms with van der Waals surface area (Å²) in [4.78, 5) is 17.5. The molecular formula is C28H33N3O7S2. The lowest BCUT2D eigenvalue weighted by molar-refractivity contribution is -0.146. The van der Waals surface area contributed by atoms with E-state index in [0.29, 0.717) is 26.8 Å². The Morgan fingerprint density at radius 1 is 1.23 bits per heavy atom. The number of hydrogen-bond acceptors (Lipinski definition) is 9. The zero-order valence-electron chi connectivity index (χ0n) is 22.9. The van der Waals surface area contributed by atoms with Crippen molar-refractivity contribution < 1.29 is 32.2 Å². The Morgan fingerprint density at radius 2 is 1.95 bits per heavy atom. The van der Waals surface area contributed by atoms with Gasteiger partial charge in [0.05, 0.1) is 41.0 Å². The Balaban J connectivity index is 1.66. The number of hydrazone groups is 1. The molecule has 1 aliphatic heterocycles. The van der Waals surface area contributed by atoms with E-state index in [2.05, 4.69) is 10.1 Å². The Bertz CT molecular complexity index is 1520. The molecule has 3 aromatic rings. The molecule has 0 bridgehead atoms. The molecule has 214 valence electrons. The van der Waals surface area contributed by atoms with Crippen molar-refractivity contribution in [3.63, 3.8) is 0 Å². The normalized spacial score (nSPS) is 18.2. The highest BCUT2D eigenvalue weighted by Crippen LogP contribution is 2.46. The number of aliphatic carboxylic acids is 1. The van der Waals surface area contributed by atoms with Gasteiger partial charge in [0.1, 0.15) is 16.9 Å². The summed E-state index contributed by atoms with van der Waals surface area (Å²) in [7, 11) is -2.72. The van der Waals surface area contributed by atoms with Crippen LogP contribution in [0.4, 0.5) is 0 Å². The van der Waals surface area contributed by atoms with E-state index in [-0.39, 0.29) is 23.3 Å². The highest BCUT2D eigenvalue weighted by molar-refractivity contribution is 7.89. The fourth-order valence-corrected chi connectivity index (χ4v) is 8.79. The van der Waals surface area contributed by atoms with Crippen LogP contribution in [0.1, 0.15) is 74.5 Å². The quantitative estimate of drug-likeness (QED) is 0.334. The summed E-state index contributed by atoms with van der Waals surface area (Å²) >= 11 is 1.22. The maximum absolute atomic E-state index is 13.9. The zero-order chi connectivity index (χ0) is 28.7. The van der Waals surface area contributed by atoms with Crippen LogP contribution in [0.5, 0.6) is 5.75 Å². The van der Waals surface area contributed by atoms with Crippen molar-refractivity contribution in [2.24, 2.45) is 5.10 Å². The molecule has 0 spiro atoms. The Morgan fingerprint density at radius 3 is 2.60 bits per heavy atom. The van der Waals surface area contributed by atoms with Gasteiger partial charge in [0.15, 0.2) is 5.54 Å². The van der Waals surface area contributed by atoms with Crippen LogP contribution in [-0.2, 0) is 19.6 Å². The second kappa shape index (κ2) is 11.0. The number of para-hydroxylation sites is 1. The molecule has 2 aromatic heterocycles. The fraction of sp³-hybridized carbons (Fsp3) is 0.464. The van der Waals surface area contributed by atoms with Crippen molar-refractivity contribution >= 4 is 33.0 Å². The molecule has 1 fully saturated rings. The predicted molar refractivity (Wildman–Crippen MR) is 150 cm³/mol. The number of carboxylic acids is 1. The van der Waals surface area contributed by atoms with Crippen LogP contribution < -0.4 is 4.74 Å². The minimum Gasteiger partial charge on any atom is -0.496 e. The fourth-order valence-electron chi connectivity index (χ4n) is 5.25. The number of sulfonamides is 1. The molecule has 2 aliphatic rings. The van der Waals surface area contributed by atoms with Crippen LogP contribution in [0, 0.1) is 6.92 Å². The van der Waals surface area contributed by atoms with Crippen molar-refractivity contribution in [2.75, 3.05) is 7.11 Å². The number of ether oxygens (including phenoxy) is 2. The van der Waals surface area contributed by atoms with E-state index in [4.69, 9.17) is 13.9 Å². The number of fused-ring (bicyclic) bond motifs is 1. The molecule has 40 heavy (non-hydrogen) atoms. The molecule has 0 amide bonds. The second-order valence-corrected chi connectivity index (χ2v) is 13.3. The maximum Gasteiger partial charge on any atom is 0.331 e. The molecule has 0 unspecified atom stereocenters. The summed E-state index contributed by atoms with van der Waals surface area (Å²) in [6.45, 7) is 4.33. The van der Waals surface area contributed by atoms with Crippen molar-refractivity contribution in [3.8, 4) is 16.5 Å². The van der Waals surface area contributed by atoms with Crippen LogP contribution in [0.3, 0.4) is 0 Å². The second-order valence-electron chi connectivity index (χ2n) is 10.5. The predicted octanol–water partition coefficient (Wildman–Crippen LogP) is 5.77. The molecule has 10 nitrogen and oxygen atoms in total. The number of nitrogens with zero attached hydrogens (tertiary/aromatic N) is 3. The van der Waals surface area contributed by atoms with E-state index < -0.39 is 27.6 Å². The standard InChI is InChI=1S/C28H33N3O7S2/c1-17-23(26-29-14-15-37-26)39-24-20(30-31(28(2,3)27(32)33)40(34,35)25(17)24)16-22(38-18-10-6-5-7-11-18)19-12-8-9-13-21(19)36-4/h8-9,12-15,18,22H,5-7,10-11,16H2,1-4H3,(H,32,33)/t22-/m0/s1. The summed E-state index contributed by atoms with van der Waals surface area (Å²) in [5.41, 5.74) is -0.179. The zero-order valence-corrected chi connectivity index (χ0v) is 24.5. The van der Waals surface area contributed by atoms with Gasteiger partial charge in [-0.1, -0.05) is 37.5 Å². The molecule has 1 atom stereocenters. The summed E-state index contributed by atoms with van der Waals surface area (Å²) < 4.78 is 46.5. The third-order valence-electron chi connectivity index (χ3n) is 7.45. The van der Waals surface area contributed by atoms with Crippen LogP contribution in [0.15, 0.2) is 51.1 Å². The Hall–Kier alpha value is -3.22. The minimum atomic E-state index is -4.32. The summed E-state index contributed by atoms with van der Waals surface area (Å²) in [5, 5.41) is 14.5. The average molecular weight is 588 g/mol. The molecule has 1 aromatic carbocycles. The number of benzene rings is 1. The van der Waals surface area contributed by atoms with Gasteiger partial charge < -0.3 is 19.0 Å². The molecule has 1 saturated carbocycles. The molecule has 3 heterocycles. The first-order chi connectivity index (χ1) is 19.1. The van der Waals surface area contributed by atoms with E-state index in [9.17, 15) is 18.3 Å². The Kier molecular flexibility index (Phi) is 7.77. The minimum absolute atomic E-state index is 0.0152. The van der Waals surface area contributed by atoms with Gasteiger partial charge in [-0.2, -0.15) is 17.9 Å². The Labute approximate surface area is 237 Å². The average Bonchev–Trinajstić information content (AvgIpc) is 3.58. The van der Waals surface area contributed by atoms with Crippen molar-refractivity contribution in [2.45, 2.75) is 81.9 Å². The van der Waals surface area contributed by atoms with Crippen LogP contribution >= 0.6 is 11.3 Å². The SMILES string of the molecule is COc1ccccc1[C@H](CC1=NN(C(C)(C)C(=O)O)S(=O)(=O)c2c1sc(-c1ncco1)c2C)OC1CCCCC1. The van der Waals surface area contributed by atoms with Gasteiger partial charge in [-0.05, 0) is 45.2 Å². The highest BCUT2D eigenvalue weighted by atomic mass is 32.2. The lowest BCUT2D eigenvalue weighted by atomic mass is 9.96. The third kappa shape index (κ3) is 5.04. The van der Waals surface area contributed by atoms with Crippen molar-refractivity contribution in [3.05, 3.63) is 52.7 Å². The number of carbonyl (C=O) groups is 1. The van der Waals surface area contributed by atoms with Crippen LogP contribution in [-0.4, -0.2) is 53.4 Å². The van der Waals surface area contributed by atoms with Crippen LogP contribution in [0.2, 0.25) is 0 Å². The monoisotopic (exact) mass is 587 g/mol. The topological polar surface area (TPSA) is 132 Å². The number of methoxy groups -OCH3 is 1. The first-order valence-electron chi connectivity index (χ1n) is 13.2. The van der Waals surface area contributed by atoms with E-state index in [1.54, 1.807) is 14.0 Å². The number of hydrogen-bond donors (Lipinski definition) is 1. The van der Waals surface area contributed by atoms with E-state index >= 15 is 0 Å². The van der Waals surface area contributed by atoms with E-state index in [1.165, 1.54) is 44.1 Å². The molecule has 0 saturated heterocycles. The maximum atomic E-state index is 13.9. The number of rotatable bonds is 9. The van der Waals surface area contributed by atoms with Gasteiger partial charge in [-0.15, -0.1) is 11.3 Å². The molecule has 5 rings (SSSR count). The summed E-state index contributed by atoms with van der Waals surface area (Å²) in [6, 6.07) is 7.58. The van der Waals surface area contributed by atoms with Gasteiger partial charge in [0.2, 0.25) is 5.89 Å². The molecule has 1 aliphatic carbocycles. The number of aromatic nitrogens is 1. The molecular weight excluding hydrogens is 554 g/mol. The number of oxazole rings is 1. The van der Waals surface area contributed by atoms with E-state index in [0.717, 1.165) is 35.7 Å². The molecule has 1 N–H and O–H groups in total. The van der Waals surface area contributed by atoms with Gasteiger partial charge in [-0.3, -0.25) is 0 Å². The number of thiophene rings is 1. The highest BCUT2D eigenvalue weighted by Gasteiger charge is 2.48. The van der Waals surface area contributed by atoms with Gasteiger partial charge in [-0.25, -0.2) is 9.78 Å². The van der Waals surface area contributed by atoms with Crippen molar-refractivity contribution in [1.82, 2.24) is 9.40 Å². The molecule has 0 radical (unpaired) electrons. The third-order valence-corrected chi connectivity index (χ3v) is 10.9. The van der Waals surface area contributed by atoms with Gasteiger partial charge in [0, 0.05) is 12.0 Å². The number of carboxylic acid groups (broad SMARTS) is 1. The summed E-state index contributed by atoms with van der Waals surface area (Å²) in [5.74, 6) is -0.378.